The lowest BCUT2D eigenvalue weighted by atomic mass is 9.98. The molecule has 3 aromatic carbocycles. The average Bonchev–Trinajstić information content (AvgIpc) is 2.92. The molecule has 0 fully saturated rings. The summed E-state index contributed by atoms with van der Waals surface area (Å²) in [7, 11) is 3.99. The normalized spacial score (nSPS) is 14.9. The molecule has 0 spiro atoms. The highest BCUT2D eigenvalue weighted by Crippen LogP contribution is 2.25. The summed E-state index contributed by atoms with van der Waals surface area (Å²) in [4.78, 5) is 28.9. The maximum Gasteiger partial charge on any atom is 0.261 e. The van der Waals surface area contributed by atoms with Crippen molar-refractivity contribution in [2.75, 3.05) is 20.6 Å². The number of hydrogen-bond acceptors (Lipinski definition) is 3. The molecule has 0 aliphatic carbocycles. The summed E-state index contributed by atoms with van der Waals surface area (Å²) >= 11 is 0. The molecule has 0 aromatic heterocycles. The lowest BCUT2D eigenvalue weighted by Gasteiger charge is -2.28. The number of hydrogen-bond donors (Lipinski definition) is 0. The Bertz CT molecular complexity index is 985. The van der Waals surface area contributed by atoms with Crippen molar-refractivity contribution in [2.45, 2.75) is 12.5 Å². The fourth-order valence-electron chi connectivity index (χ4n) is 3.75. The van der Waals surface area contributed by atoms with Crippen LogP contribution in [0.4, 0.5) is 0 Å². The van der Waals surface area contributed by atoms with E-state index in [1.54, 1.807) is 24.3 Å². The number of fused-ring (bicyclic) bond motifs is 2. The first-order valence-corrected chi connectivity index (χ1v) is 9.14. The maximum atomic E-state index is 12.7. The fourth-order valence-corrected chi connectivity index (χ4v) is 3.75. The Labute approximate surface area is 159 Å². The smallest absolute Gasteiger partial charge is 0.261 e. The van der Waals surface area contributed by atoms with Crippen LogP contribution in [-0.2, 0) is 6.42 Å². The molecule has 1 heterocycles. The van der Waals surface area contributed by atoms with Gasteiger partial charge in [-0.15, -0.1) is 0 Å². The van der Waals surface area contributed by atoms with E-state index < -0.39 is 0 Å². The Kier molecular flexibility index (Phi) is 4.50. The zero-order valence-corrected chi connectivity index (χ0v) is 15.6. The van der Waals surface area contributed by atoms with Gasteiger partial charge in [-0.05, 0) is 49.0 Å². The molecule has 0 unspecified atom stereocenters. The lowest BCUT2D eigenvalue weighted by Crippen LogP contribution is -2.44. The van der Waals surface area contributed by atoms with E-state index in [1.165, 1.54) is 21.2 Å². The molecule has 27 heavy (non-hydrogen) atoms. The minimum atomic E-state index is -0.194. The predicted octanol–water partition coefficient (Wildman–Crippen LogP) is 3.61. The number of benzene rings is 3. The van der Waals surface area contributed by atoms with Gasteiger partial charge in [-0.2, -0.15) is 0 Å². The monoisotopic (exact) mass is 358 g/mol. The van der Waals surface area contributed by atoms with E-state index in [1.807, 2.05) is 26.2 Å². The summed E-state index contributed by atoms with van der Waals surface area (Å²) in [6.45, 7) is 0.378. The third-order valence-electron chi connectivity index (χ3n) is 5.34. The first-order chi connectivity index (χ1) is 13.1. The number of imide groups is 1. The quantitative estimate of drug-likeness (QED) is 0.654. The van der Waals surface area contributed by atoms with Crippen molar-refractivity contribution in [3.63, 3.8) is 0 Å². The van der Waals surface area contributed by atoms with Gasteiger partial charge in [0.2, 0.25) is 0 Å². The fraction of sp³-hybridized carbons (Fsp3) is 0.217. The highest BCUT2D eigenvalue weighted by molar-refractivity contribution is 6.21. The molecular weight excluding hydrogens is 336 g/mol. The number of likely N-dealkylation sites (N-methyl/N-ethyl adjacent to an activating group) is 1. The molecule has 3 aromatic rings. The van der Waals surface area contributed by atoms with Crippen molar-refractivity contribution in [1.29, 1.82) is 0 Å². The number of carbonyl (C=O) groups is 2. The molecule has 1 atom stereocenters. The van der Waals surface area contributed by atoms with Gasteiger partial charge in [-0.3, -0.25) is 14.5 Å². The summed E-state index contributed by atoms with van der Waals surface area (Å²) < 4.78 is 0. The molecule has 0 N–H and O–H groups in total. The molecule has 2 amide bonds. The summed E-state index contributed by atoms with van der Waals surface area (Å²) in [5, 5.41) is 2.42. The van der Waals surface area contributed by atoms with E-state index >= 15 is 0 Å². The lowest BCUT2D eigenvalue weighted by molar-refractivity contribution is 0.0612. The summed E-state index contributed by atoms with van der Waals surface area (Å²) in [5.41, 5.74) is 2.23. The van der Waals surface area contributed by atoms with Gasteiger partial charge in [-0.1, -0.05) is 54.6 Å². The molecule has 4 heteroatoms. The minimum Gasteiger partial charge on any atom is -0.304 e. The van der Waals surface area contributed by atoms with Crippen molar-refractivity contribution >= 4 is 22.6 Å². The van der Waals surface area contributed by atoms with E-state index in [0.29, 0.717) is 17.7 Å². The first kappa shape index (κ1) is 17.4. The van der Waals surface area contributed by atoms with E-state index in [9.17, 15) is 9.59 Å². The van der Waals surface area contributed by atoms with Gasteiger partial charge in [0.1, 0.15) is 0 Å². The SMILES string of the molecule is CN(C)[C@@H](Cc1cccc2ccccc12)CN1C(=O)c2ccccc2C1=O. The second-order valence-electron chi connectivity index (χ2n) is 7.23. The Morgan fingerprint density at radius 3 is 2.07 bits per heavy atom. The zero-order chi connectivity index (χ0) is 19.0. The van der Waals surface area contributed by atoms with Crippen molar-refractivity contribution in [1.82, 2.24) is 9.80 Å². The molecular formula is C23H22N2O2. The highest BCUT2D eigenvalue weighted by atomic mass is 16.2. The molecule has 0 saturated carbocycles. The number of rotatable bonds is 5. The average molecular weight is 358 g/mol. The van der Waals surface area contributed by atoms with E-state index in [4.69, 9.17) is 0 Å². The molecule has 0 radical (unpaired) electrons. The van der Waals surface area contributed by atoms with E-state index in [-0.39, 0.29) is 17.9 Å². The number of carbonyl (C=O) groups excluding carboxylic acids is 2. The van der Waals surface area contributed by atoms with Gasteiger partial charge in [0.15, 0.2) is 0 Å². The van der Waals surface area contributed by atoms with Crippen molar-refractivity contribution in [3.8, 4) is 0 Å². The van der Waals surface area contributed by atoms with Crippen LogP contribution in [0.25, 0.3) is 10.8 Å². The Morgan fingerprint density at radius 2 is 1.41 bits per heavy atom. The van der Waals surface area contributed by atoms with Crippen LogP contribution in [0.2, 0.25) is 0 Å². The van der Waals surface area contributed by atoms with Crippen LogP contribution in [0.15, 0.2) is 66.7 Å². The molecule has 4 rings (SSSR count). The molecule has 1 aliphatic rings. The van der Waals surface area contributed by atoms with Gasteiger partial charge in [-0.25, -0.2) is 0 Å². The minimum absolute atomic E-state index is 0.0398. The molecule has 136 valence electrons. The Balaban J connectivity index is 1.61. The standard InChI is InChI=1S/C23H22N2O2/c1-24(2)18(14-17-10-7-9-16-8-3-4-11-19(16)17)15-25-22(26)20-12-5-6-13-21(20)23(25)27/h3-13,18H,14-15H2,1-2H3/t18-/m0/s1. The molecule has 0 saturated heterocycles. The zero-order valence-electron chi connectivity index (χ0n) is 15.6. The van der Waals surface area contributed by atoms with Crippen molar-refractivity contribution in [2.24, 2.45) is 0 Å². The van der Waals surface area contributed by atoms with E-state index in [0.717, 1.165) is 6.42 Å². The van der Waals surface area contributed by atoms with Crippen LogP contribution in [-0.4, -0.2) is 48.3 Å². The number of amides is 2. The van der Waals surface area contributed by atoms with Gasteiger partial charge in [0.05, 0.1) is 11.1 Å². The third-order valence-corrected chi connectivity index (χ3v) is 5.34. The molecule has 1 aliphatic heterocycles. The first-order valence-electron chi connectivity index (χ1n) is 9.14. The summed E-state index contributed by atoms with van der Waals surface area (Å²) in [5.74, 6) is -0.388. The molecule has 4 nitrogen and oxygen atoms in total. The predicted molar refractivity (Wildman–Crippen MR) is 107 cm³/mol. The molecule has 0 bridgehead atoms. The van der Waals surface area contributed by atoms with Crippen LogP contribution in [0.1, 0.15) is 26.3 Å². The van der Waals surface area contributed by atoms with Crippen LogP contribution in [0.5, 0.6) is 0 Å². The van der Waals surface area contributed by atoms with Crippen molar-refractivity contribution < 1.29 is 9.59 Å². The highest BCUT2D eigenvalue weighted by Gasteiger charge is 2.36. The second kappa shape index (κ2) is 6.97. The Hall–Kier alpha value is -2.98. The van der Waals surface area contributed by atoms with E-state index in [2.05, 4.69) is 35.2 Å². The van der Waals surface area contributed by atoms with Crippen molar-refractivity contribution in [3.05, 3.63) is 83.4 Å². The third kappa shape index (κ3) is 3.13. The second-order valence-corrected chi connectivity index (χ2v) is 7.23. The van der Waals surface area contributed by atoms with Gasteiger partial charge >= 0.3 is 0 Å². The van der Waals surface area contributed by atoms with Gasteiger partial charge in [0, 0.05) is 12.6 Å². The van der Waals surface area contributed by atoms with Gasteiger partial charge in [0.25, 0.3) is 11.8 Å². The van der Waals surface area contributed by atoms with Crippen LogP contribution < -0.4 is 0 Å². The van der Waals surface area contributed by atoms with Gasteiger partial charge < -0.3 is 4.90 Å². The van der Waals surface area contributed by atoms with Crippen LogP contribution in [0.3, 0.4) is 0 Å². The Morgan fingerprint density at radius 1 is 0.815 bits per heavy atom. The maximum absolute atomic E-state index is 12.7. The topological polar surface area (TPSA) is 40.6 Å². The van der Waals surface area contributed by atoms with Crippen LogP contribution in [0, 0.1) is 0 Å². The summed E-state index contributed by atoms with van der Waals surface area (Å²) in [6.07, 6.45) is 0.766. The largest absolute Gasteiger partial charge is 0.304 e. The number of nitrogens with zero attached hydrogens (tertiary/aromatic N) is 2. The van der Waals surface area contributed by atoms with Crippen LogP contribution >= 0.6 is 0 Å². The summed E-state index contributed by atoms with van der Waals surface area (Å²) in [6, 6.07) is 21.7.